The van der Waals surface area contributed by atoms with Crippen LogP contribution in [0.4, 0.5) is 5.69 Å². The Balaban J connectivity index is 1.99. The topological polar surface area (TPSA) is 72.2 Å². The maximum absolute atomic E-state index is 11.2. The first kappa shape index (κ1) is 15.8. The summed E-state index contributed by atoms with van der Waals surface area (Å²) in [5, 5.41) is 9.10. The molecule has 2 rings (SSSR count). The number of halogens is 1. The Bertz CT molecular complexity index is 697. The van der Waals surface area contributed by atoms with Crippen molar-refractivity contribution >= 4 is 27.3 Å². The van der Waals surface area contributed by atoms with E-state index in [1.165, 1.54) is 17.7 Å². The molecular weight excluding hydrogens is 308 g/mol. The fourth-order valence-electron chi connectivity index (χ4n) is 2.05. The van der Waals surface area contributed by atoms with Gasteiger partial charge in [-0.3, -0.25) is 0 Å². The van der Waals surface area contributed by atoms with Crippen LogP contribution in [0.5, 0.6) is 0 Å². The van der Waals surface area contributed by atoms with E-state index in [0.717, 1.165) is 17.1 Å². The first-order valence-corrected chi connectivity index (χ1v) is 8.41. The van der Waals surface area contributed by atoms with Crippen LogP contribution in [0.3, 0.4) is 0 Å². The molecule has 0 bridgehead atoms. The fraction of sp³-hybridized carbons (Fsp3) is 0.200. The maximum atomic E-state index is 11.2. The number of hydrogen-bond donors (Lipinski definition) is 2. The van der Waals surface area contributed by atoms with E-state index < -0.39 is 10.0 Å². The summed E-state index contributed by atoms with van der Waals surface area (Å²) in [6, 6.07) is 14.3. The van der Waals surface area contributed by atoms with Crippen molar-refractivity contribution in [1.82, 2.24) is 0 Å². The normalized spacial score (nSPS) is 12.9. The summed E-state index contributed by atoms with van der Waals surface area (Å²) in [6.07, 6.45) is 0.841. The van der Waals surface area contributed by atoms with Crippen LogP contribution in [0.25, 0.3) is 0 Å². The quantitative estimate of drug-likeness (QED) is 0.888. The molecule has 0 heterocycles. The highest BCUT2D eigenvalue weighted by atomic mass is 35.5. The molecule has 0 aliphatic carbocycles. The Labute approximate surface area is 130 Å². The molecule has 4 nitrogen and oxygen atoms in total. The van der Waals surface area contributed by atoms with Gasteiger partial charge >= 0.3 is 0 Å². The van der Waals surface area contributed by atoms with Gasteiger partial charge in [0.15, 0.2) is 0 Å². The summed E-state index contributed by atoms with van der Waals surface area (Å²) >= 11 is 5.85. The van der Waals surface area contributed by atoms with Gasteiger partial charge in [0, 0.05) is 16.8 Å². The first-order valence-electron chi connectivity index (χ1n) is 6.48. The van der Waals surface area contributed by atoms with Crippen LogP contribution in [0.2, 0.25) is 5.02 Å². The minimum absolute atomic E-state index is 0.110. The zero-order chi connectivity index (χ0) is 15.5. The molecule has 0 aliphatic heterocycles. The van der Waals surface area contributed by atoms with E-state index >= 15 is 0 Å². The minimum Gasteiger partial charge on any atom is -0.382 e. The van der Waals surface area contributed by atoms with Gasteiger partial charge in [0.25, 0.3) is 0 Å². The van der Waals surface area contributed by atoms with E-state index in [1.54, 1.807) is 12.1 Å². The number of primary sulfonamides is 1. The number of anilines is 1. The molecule has 6 heteroatoms. The van der Waals surface area contributed by atoms with Crippen molar-refractivity contribution in [3.8, 4) is 0 Å². The largest absolute Gasteiger partial charge is 0.382 e. The third kappa shape index (κ3) is 4.74. The molecule has 2 aromatic rings. The van der Waals surface area contributed by atoms with Crippen LogP contribution >= 0.6 is 11.6 Å². The van der Waals surface area contributed by atoms with Gasteiger partial charge in [-0.1, -0.05) is 23.7 Å². The molecule has 0 saturated carbocycles. The van der Waals surface area contributed by atoms with Gasteiger partial charge < -0.3 is 5.32 Å². The van der Waals surface area contributed by atoms with Gasteiger partial charge in [0.1, 0.15) is 0 Å². The maximum Gasteiger partial charge on any atom is 0.238 e. The monoisotopic (exact) mass is 324 g/mol. The molecule has 3 N–H and O–H groups in total. The minimum atomic E-state index is -3.64. The highest BCUT2D eigenvalue weighted by molar-refractivity contribution is 7.89. The molecule has 0 amide bonds. The average Bonchev–Trinajstić information content (AvgIpc) is 2.41. The van der Waals surface area contributed by atoms with E-state index in [1.807, 2.05) is 24.3 Å². The van der Waals surface area contributed by atoms with Crippen molar-refractivity contribution in [3.05, 3.63) is 59.1 Å². The van der Waals surface area contributed by atoms with Crippen molar-refractivity contribution in [2.45, 2.75) is 24.3 Å². The fourth-order valence-corrected chi connectivity index (χ4v) is 2.69. The van der Waals surface area contributed by atoms with Gasteiger partial charge in [-0.2, -0.15) is 0 Å². The lowest BCUT2D eigenvalue weighted by Crippen LogP contribution is -2.18. The van der Waals surface area contributed by atoms with Crippen LogP contribution in [0, 0.1) is 0 Å². The Morgan fingerprint density at radius 2 is 1.67 bits per heavy atom. The van der Waals surface area contributed by atoms with Gasteiger partial charge in [-0.05, 0) is 55.3 Å². The van der Waals surface area contributed by atoms with Crippen molar-refractivity contribution in [1.29, 1.82) is 0 Å². The highest BCUT2D eigenvalue weighted by Gasteiger charge is 2.08. The Hall–Kier alpha value is -1.56. The van der Waals surface area contributed by atoms with Crippen LogP contribution in [0.15, 0.2) is 53.4 Å². The predicted molar refractivity (Wildman–Crippen MR) is 86.1 cm³/mol. The van der Waals surface area contributed by atoms with E-state index in [4.69, 9.17) is 16.7 Å². The molecule has 0 saturated heterocycles. The van der Waals surface area contributed by atoms with Crippen molar-refractivity contribution < 1.29 is 8.42 Å². The molecule has 0 aliphatic rings. The number of hydrogen-bond acceptors (Lipinski definition) is 3. The number of sulfonamides is 1. The third-order valence-corrected chi connectivity index (χ3v) is 4.23. The molecule has 0 radical (unpaired) electrons. The SMILES string of the molecule is CC(Cc1ccc(Cl)cc1)Nc1ccc(S(N)(=O)=O)cc1. The predicted octanol–water partition coefficient (Wildman–Crippen LogP) is 3.03. The Morgan fingerprint density at radius 3 is 2.19 bits per heavy atom. The van der Waals surface area contributed by atoms with Crippen molar-refractivity contribution in [2.24, 2.45) is 5.14 Å². The Kier molecular flexibility index (Phi) is 4.88. The van der Waals surface area contributed by atoms with Crippen molar-refractivity contribution in [3.63, 3.8) is 0 Å². The molecule has 0 aromatic heterocycles. The third-order valence-electron chi connectivity index (χ3n) is 3.05. The number of nitrogens with two attached hydrogens (primary N) is 1. The van der Waals surface area contributed by atoms with E-state index in [-0.39, 0.29) is 10.9 Å². The van der Waals surface area contributed by atoms with Gasteiger partial charge in [0.05, 0.1) is 4.90 Å². The van der Waals surface area contributed by atoms with Gasteiger partial charge in [0.2, 0.25) is 10.0 Å². The van der Waals surface area contributed by atoms with E-state index in [2.05, 4.69) is 12.2 Å². The molecule has 1 atom stereocenters. The van der Waals surface area contributed by atoms with Crippen LogP contribution in [0.1, 0.15) is 12.5 Å². The van der Waals surface area contributed by atoms with Crippen LogP contribution in [-0.4, -0.2) is 14.5 Å². The summed E-state index contributed by atoms with van der Waals surface area (Å²) in [6.45, 7) is 2.06. The number of rotatable bonds is 5. The average molecular weight is 325 g/mol. The molecular formula is C15H17ClN2O2S. The summed E-state index contributed by atoms with van der Waals surface area (Å²) in [7, 11) is -3.64. The molecule has 21 heavy (non-hydrogen) atoms. The smallest absolute Gasteiger partial charge is 0.238 e. The first-order chi connectivity index (χ1) is 9.84. The summed E-state index contributed by atoms with van der Waals surface area (Å²) in [5.41, 5.74) is 2.03. The second-order valence-electron chi connectivity index (χ2n) is 4.95. The van der Waals surface area contributed by atoms with Gasteiger partial charge in [-0.15, -0.1) is 0 Å². The lowest BCUT2D eigenvalue weighted by atomic mass is 10.1. The molecule has 112 valence electrons. The zero-order valence-electron chi connectivity index (χ0n) is 11.6. The standard InChI is InChI=1S/C15H17ClN2O2S/c1-11(10-12-2-4-13(16)5-3-12)18-14-6-8-15(9-7-14)21(17,19)20/h2-9,11,18H,10H2,1H3,(H2,17,19,20). The molecule has 1 unspecified atom stereocenters. The highest BCUT2D eigenvalue weighted by Crippen LogP contribution is 2.16. The molecule has 0 fully saturated rings. The van der Waals surface area contributed by atoms with Crippen molar-refractivity contribution in [2.75, 3.05) is 5.32 Å². The number of nitrogens with one attached hydrogen (secondary N) is 1. The second-order valence-corrected chi connectivity index (χ2v) is 6.94. The lowest BCUT2D eigenvalue weighted by Gasteiger charge is -2.15. The summed E-state index contributed by atoms with van der Waals surface area (Å²) < 4.78 is 22.4. The zero-order valence-corrected chi connectivity index (χ0v) is 13.2. The van der Waals surface area contributed by atoms with Crippen LogP contribution < -0.4 is 10.5 Å². The number of benzene rings is 2. The summed E-state index contributed by atoms with van der Waals surface area (Å²) in [4.78, 5) is 0.110. The summed E-state index contributed by atoms with van der Waals surface area (Å²) in [5.74, 6) is 0. The lowest BCUT2D eigenvalue weighted by molar-refractivity contribution is 0.598. The van der Waals surface area contributed by atoms with E-state index in [9.17, 15) is 8.42 Å². The molecule has 2 aromatic carbocycles. The van der Waals surface area contributed by atoms with Crippen LogP contribution in [-0.2, 0) is 16.4 Å². The second kappa shape index (κ2) is 6.47. The van der Waals surface area contributed by atoms with E-state index in [0.29, 0.717) is 0 Å². The molecule has 0 spiro atoms. The Morgan fingerprint density at radius 1 is 1.10 bits per heavy atom. The van der Waals surface area contributed by atoms with Gasteiger partial charge in [-0.25, -0.2) is 13.6 Å².